The van der Waals surface area contributed by atoms with E-state index in [9.17, 15) is 5.11 Å². The molecular weight excluding hydrogens is 162 g/mol. The van der Waals surface area contributed by atoms with Crippen LogP contribution in [0.25, 0.3) is 0 Å². The molecule has 2 nitrogen and oxygen atoms in total. The third-order valence-corrected chi connectivity index (χ3v) is 2.06. The van der Waals surface area contributed by atoms with Crippen molar-refractivity contribution in [3.63, 3.8) is 0 Å². The lowest BCUT2D eigenvalue weighted by Gasteiger charge is -2.31. The molecule has 0 bridgehead atoms. The highest BCUT2D eigenvalue weighted by atomic mass is 16.3. The van der Waals surface area contributed by atoms with Crippen LogP contribution in [0.1, 0.15) is 41.0 Å². The number of likely N-dealkylation sites (tertiary alicyclic amines) is 1. The Morgan fingerprint density at radius 1 is 1.15 bits per heavy atom. The number of rotatable bonds is 0. The maximum Gasteiger partial charge on any atom is 0.0590 e. The van der Waals surface area contributed by atoms with Crippen LogP contribution in [0.2, 0.25) is 0 Å². The Morgan fingerprint density at radius 3 is 1.92 bits per heavy atom. The van der Waals surface area contributed by atoms with E-state index in [-0.39, 0.29) is 6.10 Å². The number of aliphatic hydroxyl groups excluding tert-OH is 1. The average Bonchev–Trinajstić information content (AvgIpc) is 2.18. The van der Waals surface area contributed by atoms with Crippen LogP contribution in [0.15, 0.2) is 0 Å². The van der Waals surface area contributed by atoms with Crippen molar-refractivity contribution in [1.29, 1.82) is 0 Å². The molecule has 82 valence electrons. The van der Waals surface area contributed by atoms with Crippen LogP contribution < -0.4 is 0 Å². The van der Waals surface area contributed by atoms with Crippen molar-refractivity contribution in [2.75, 3.05) is 20.1 Å². The van der Waals surface area contributed by atoms with E-state index in [1.807, 2.05) is 27.7 Å². The smallest absolute Gasteiger partial charge is 0.0590 e. The first-order chi connectivity index (χ1) is 6.20. The summed E-state index contributed by atoms with van der Waals surface area (Å²) >= 11 is 0. The minimum Gasteiger partial charge on any atom is -0.393 e. The van der Waals surface area contributed by atoms with Gasteiger partial charge >= 0.3 is 0 Å². The molecule has 1 N–H and O–H groups in total. The lowest BCUT2D eigenvalue weighted by Crippen LogP contribution is -2.39. The molecule has 1 rings (SSSR count). The predicted octanol–water partition coefficient (Wildman–Crippen LogP) is 2.37. The largest absolute Gasteiger partial charge is 0.393 e. The third-order valence-electron chi connectivity index (χ3n) is 2.06. The van der Waals surface area contributed by atoms with E-state index in [1.54, 1.807) is 0 Å². The molecule has 0 aromatic rings. The Labute approximate surface area is 83.9 Å². The van der Waals surface area contributed by atoms with Crippen molar-refractivity contribution in [1.82, 2.24) is 4.90 Å². The van der Waals surface area contributed by atoms with Gasteiger partial charge < -0.3 is 10.0 Å². The van der Waals surface area contributed by atoms with Gasteiger partial charge in [-0.2, -0.15) is 0 Å². The van der Waals surface area contributed by atoms with Crippen LogP contribution in [0, 0.1) is 5.92 Å². The third kappa shape index (κ3) is 7.03. The zero-order valence-electron chi connectivity index (χ0n) is 10.2. The molecule has 0 aliphatic carbocycles. The van der Waals surface area contributed by atoms with Crippen molar-refractivity contribution >= 4 is 0 Å². The molecule has 2 atom stereocenters. The van der Waals surface area contributed by atoms with Gasteiger partial charge in [-0.25, -0.2) is 0 Å². The van der Waals surface area contributed by atoms with Crippen LogP contribution in [0.4, 0.5) is 0 Å². The second-order valence-corrected chi connectivity index (χ2v) is 3.10. The summed E-state index contributed by atoms with van der Waals surface area (Å²) in [5.41, 5.74) is 0. The van der Waals surface area contributed by atoms with Crippen molar-refractivity contribution in [2.45, 2.75) is 47.1 Å². The van der Waals surface area contributed by atoms with Crippen molar-refractivity contribution in [3.05, 3.63) is 0 Å². The van der Waals surface area contributed by atoms with Crippen molar-refractivity contribution < 1.29 is 5.11 Å². The topological polar surface area (TPSA) is 23.5 Å². The maximum atomic E-state index is 9.27. The molecule has 2 heteroatoms. The molecule has 13 heavy (non-hydrogen) atoms. The Morgan fingerprint density at radius 2 is 1.62 bits per heavy atom. The van der Waals surface area contributed by atoms with Gasteiger partial charge in [0.15, 0.2) is 0 Å². The normalized spacial score (nSPS) is 27.9. The minimum absolute atomic E-state index is 0.0544. The molecule has 0 saturated carbocycles. The highest BCUT2D eigenvalue weighted by Gasteiger charge is 2.21. The summed E-state index contributed by atoms with van der Waals surface area (Å²) in [5.74, 6) is 0.462. The minimum atomic E-state index is -0.0544. The first-order valence-corrected chi connectivity index (χ1v) is 5.57. The number of hydrogen-bond donors (Lipinski definition) is 1. The van der Waals surface area contributed by atoms with Crippen molar-refractivity contribution in [3.8, 4) is 0 Å². The molecule has 1 aliphatic rings. The van der Waals surface area contributed by atoms with Gasteiger partial charge in [0.05, 0.1) is 6.10 Å². The van der Waals surface area contributed by atoms with E-state index in [0.29, 0.717) is 5.92 Å². The molecule has 0 spiro atoms. The fourth-order valence-corrected chi connectivity index (χ4v) is 1.34. The van der Waals surface area contributed by atoms with E-state index in [1.165, 1.54) is 0 Å². The Kier molecular flexibility index (Phi) is 11.8. The van der Waals surface area contributed by atoms with Gasteiger partial charge in [0, 0.05) is 13.1 Å². The van der Waals surface area contributed by atoms with E-state index in [2.05, 4.69) is 18.9 Å². The fraction of sp³-hybridized carbons (Fsp3) is 1.00. The lowest BCUT2D eigenvalue weighted by atomic mass is 9.97. The highest BCUT2D eigenvalue weighted by molar-refractivity contribution is 4.74. The predicted molar refractivity (Wildman–Crippen MR) is 60.0 cm³/mol. The summed E-state index contributed by atoms with van der Waals surface area (Å²) in [7, 11) is 2.10. The van der Waals surface area contributed by atoms with Gasteiger partial charge in [-0.3, -0.25) is 0 Å². The van der Waals surface area contributed by atoms with E-state index >= 15 is 0 Å². The van der Waals surface area contributed by atoms with Gasteiger partial charge in [0.25, 0.3) is 0 Å². The van der Waals surface area contributed by atoms with Crippen LogP contribution in [0.5, 0.6) is 0 Å². The zero-order valence-corrected chi connectivity index (χ0v) is 10.2. The standard InChI is InChI=1S/C7H15NO.2C2H6/c1-6-5-8(2)4-3-7(6)9;2*1-2/h6-7,9H,3-5H2,1-2H3;2*1-2H3/t6-,7?;;/m0../s1. The van der Waals surface area contributed by atoms with Gasteiger partial charge in [0.1, 0.15) is 0 Å². The molecule has 0 radical (unpaired) electrons. The summed E-state index contributed by atoms with van der Waals surface area (Å²) in [6.45, 7) is 12.2. The molecule has 0 aromatic heterocycles. The lowest BCUT2D eigenvalue weighted by molar-refractivity contribution is 0.0451. The van der Waals surface area contributed by atoms with E-state index in [4.69, 9.17) is 0 Å². The molecule has 1 aliphatic heterocycles. The second-order valence-electron chi connectivity index (χ2n) is 3.10. The average molecular weight is 189 g/mol. The molecule has 0 amide bonds. The summed E-state index contributed by atoms with van der Waals surface area (Å²) in [5, 5.41) is 9.27. The summed E-state index contributed by atoms with van der Waals surface area (Å²) in [4.78, 5) is 2.26. The van der Waals surface area contributed by atoms with Crippen LogP contribution >= 0.6 is 0 Å². The SMILES string of the molecule is CC.CC.C[C@H]1CN(C)CCC1O. The van der Waals surface area contributed by atoms with Crippen LogP contribution in [-0.4, -0.2) is 36.2 Å². The first-order valence-electron chi connectivity index (χ1n) is 5.57. The zero-order chi connectivity index (χ0) is 10.9. The highest BCUT2D eigenvalue weighted by Crippen LogP contribution is 2.14. The molecule has 1 saturated heterocycles. The Bertz CT molecular complexity index is 96.1. The van der Waals surface area contributed by atoms with Crippen LogP contribution in [-0.2, 0) is 0 Å². The molecule has 1 unspecified atom stereocenters. The van der Waals surface area contributed by atoms with Gasteiger partial charge in [-0.05, 0) is 19.4 Å². The van der Waals surface area contributed by atoms with Gasteiger partial charge in [0.2, 0.25) is 0 Å². The van der Waals surface area contributed by atoms with Gasteiger partial charge in [-0.1, -0.05) is 34.6 Å². The first kappa shape index (κ1) is 15.4. The summed E-state index contributed by atoms with van der Waals surface area (Å²) in [6.07, 6.45) is 0.888. The molecule has 1 fully saturated rings. The number of piperidine rings is 1. The maximum absolute atomic E-state index is 9.27. The Hall–Kier alpha value is -0.0800. The number of aliphatic hydroxyl groups is 1. The molecule has 1 heterocycles. The second kappa shape index (κ2) is 10.0. The van der Waals surface area contributed by atoms with E-state index < -0.39 is 0 Å². The molecule has 0 aromatic carbocycles. The Balaban J connectivity index is 0. The summed E-state index contributed by atoms with van der Waals surface area (Å²) < 4.78 is 0. The van der Waals surface area contributed by atoms with Crippen LogP contribution in [0.3, 0.4) is 0 Å². The van der Waals surface area contributed by atoms with Gasteiger partial charge in [-0.15, -0.1) is 0 Å². The molecular formula is C11H27NO. The van der Waals surface area contributed by atoms with Crippen molar-refractivity contribution in [2.24, 2.45) is 5.92 Å². The number of nitrogens with zero attached hydrogens (tertiary/aromatic N) is 1. The summed E-state index contributed by atoms with van der Waals surface area (Å²) in [6, 6.07) is 0. The quantitative estimate of drug-likeness (QED) is 0.632. The monoisotopic (exact) mass is 189 g/mol. The fourth-order valence-electron chi connectivity index (χ4n) is 1.34. The van der Waals surface area contributed by atoms with E-state index in [0.717, 1.165) is 19.5 Å². The number of hydrogen-bond acceptors (Lipinski definition) is 2.